The van der Waals surface area contributed by atoms with Gasteiger partial charge in [-0.05, 0) is 37.1 Å². The Morgan fingerprint density at radius 1 is 1.22 bits per heavy atom. The minimum atomic E-state index is -0.518. The molecule has 0 saturated carbocycles. The summed E-state index contributed by atoms with van der Waals surface area (Å²) in [7, 11) is 0. The molecule has 9 heteroatoms. The average molecular weight is 477 g/mol. The number of carbonyl (C=O) groups is 2. The number of thiophene rings is 1. The van der Waals surface area contributed by atoms with Gasteiger partial charge in [-0.25, -0.2) is 14.2 Å². The molecule has 0 fully saturated rings. The maximum atomic E-state index is 13.5. The van der Waals surface area contributed by atoms with Crippen LogP contribution >= 0.6 is 23.1 Å². The summed E-state index contributed by atoms with van der Waals surface area (Å²) in [6, 6.07) is 5.87. The highest BCUT2D eigenvalue weighted by molar-refractivity contribution is 7.99. The van der Waals surface area contributed by atoms with E-state index < -0.39 is 11.4 Å². The Morgan fingerprint density at radius 2 is 1.88 bits per heavy atom. The van der Waals surface area contributed by atoms with Gasteiger partial charge in [0.25, 0.3) is 5.56 Å². The number of fused-ring (bicyclic) bond motifs is 1. The third kappa shape index (κ3) is 5.10. The van der Waals surface area contributed by atoms with Crippen LogP contribution in [0.25, 0.3) is 10.2 Å². The Kier molecular flexibility index (Phi) is 7.19. The number of rotatable bonds is 7. The summed E-state index contributed by atoms with van der Waals surface area (Å²) in [6.45, 7) is 9.33. The number of ketones is 1. The third-order valence-corrected chi connectivity index (χ3v) is 7.04. The van der Waals surface area contributed by atoms with Crippen LogP contribution < -0.4 is 5.56 Å². The van der Waals surface area contributed by atoms with Gasteiger partial charge in [0.1, 0.15) is 21.3 Å². The molecule has 0 bridgehead atoms. The van der Waals surface area contributed by atoms with Crippen LogP contribution in [0.1, 0.15) is 48.5 Å². The number of halogens is 1. The zero-order valence-corrected chi connectivity index (χ0v) is 20.3. The third-order valence-electron chi connectivity index (χ3n) is 4.90. The molecule has 3 aromatic rings. The number of benzene rings is 1. The number of carbonyl (C=O) groups excluding carboxylic acids is 2. The normalized spacial score (nSPS) is 11.7. The summed E-state index contributed by atoms with van der Waals surface area (Å²) in [6.07, 6.45) is 0. The van der Waals surface area contributed by atoms with Crippen molar-refractivity contribution in [3.8, 4) is 0 Å². The first-order chi connectivity index (χ1) is 15.0. The summed E-state index contributed by atoms with van der Waals surface area (Å²) < 4.78 is 19.9. The van der Waals surface area contributed by atoms with Gasteiger partial charge in [0, 0.05) is 5.41 Å². The molecule has 2 aromatic heterocycles. The molecular formula is C23H25FN2O4S2. The van der Waals surface area contributed by atoms with Crippen molar-refractivity contribution in [3.05, 3.63) is 56.4 Å². The van der Waals surface area contributed by atoms with Gasteiger partial charge in [-0.3, -0.25) is 14.2 Å². The quantitative estimate of drug-likeness (QED) is 0.276. The Balaban J connectivity index is 2.12. The van der Waals surface area contributed by atoms with E-state index in [1.165, 1.54) is 28.5 Å². The van der Waals surface area contributed by atoms with E-state index in [2.05, 4.69) is 4.98 Å². The zero-order valence-electron chi connectivity index (χ0n) is 18.7. The predicted octanol–water partition coefficient (Wildman–Crippen LogP) is 4.84. The van der Waals surface area contributed by atoms with Crippen LogP contribution in [-0.4, -0.2) is 33.7 Å². The second kappa shape index (κ2) is 9.54. The van der Waals surface area contributed by atoms with Gasteiger partial charge in [0.05, 0.1) is 24.3 Å². The number of ether oxygens (including phenoxy) is 1. The number of Topliss-reactive ketones (excluding diaryl/α,β-unsaturated/α-hetero) is 1. The van der Waals surface area contributed by atoms with Crippen LogP contribution in [-0.2, 0) is 16.1 Å². The Bertz CT molecular complexity index is 1220. The lowest BCUT2D eigenvalue weighted by molar-refractivity contribution is -0.123. The van der Waals surface area contributed by atoms with Gasteiger partial charge < -0.3 is 4.74 Å². The van der Waals surface area contributed by atoms with Crippen LogP contribution in [0.2, 0.25) is 0 Å². The summed E-state index contributed by atoms with van der Waals surface area (Å²) >= 11 is 2.30. The largest absolute Gasteiger partial charge is 0.462 e. The molecule has 3 rings (SSSR count). The lowest BCUT2D eigenvalue weighted by Crippen LogP contribution is -2.26. The molecule has 0 aliphatic heterocycles. The monoisotopic (exact) mass is 476 g/mol. The first-order valence-electron chi connectivity index (χ1n) is 10.1. The van der Waals surface area contributed by atoms with Gasteiger partial charge in [-0.1, -0.05) is 44.7 Å². The molecule has 0 unspecified atom stereocenters. The topological polar surface area (TPSA) is 78.3 Å². The lowest BCUT2D eigenvalue weighted by atomic mass is 9.92. The van der Waals surface area contributed by atoms with Crippen molar-refractivity contribution in [1.29, 1.82) is 0 Å². The Hall–Kier alpha value is -2.52. The number of aryl methyl sites for hydroxylation is 1. The molecule has 32 heavy (non-hydrogen) atoms. The van der Waals surface area contributed by atoms with E-state index in [1.54, 1.807) is 26.0 Å². The maximum Gasteiger partial charge on any atom is 0.348 e. The summed E-state index contributed by atoms with van der Waals surface area (Å²) in [5, 5.41) is 0.729. The number of esters is 1. The number of thioether (sulfide) groups is 1. The maximum absolute atomic E-state index is 13.5. The Labute approximate surface area is 193 Å². The van der Waals surface area contributed by atoms with E-state index >= 15 is 0 Å². The van der Waals surface area contributed by atoms with Crippen molar-refractivity contribution >= 4 is 45.1 Å². The highest BCUT2D eigenvalue weighted by atomic mass is 32.2. The lowest BCUT2D eigenvalue weighted by Gasteiger charge is -2.17. The molecule has 0 atom stereocenters. The van der Waals surface area contributed by atoms with Crippen molar-refractivity contribution < 1.29 is 18.7 Å². The van der Waals surface area contributed by atoms with Crippen LogP contribution in [0.5, 0.6) is 0 Å². The van der Waals surface area contributed by atoms with Crippen LogP contribution in [0.15, 0.2) is 34.2 Å². The number of hydrogen-bond donors (Lipinski definition) is 0. The van der Waals surface area contributed by atoms with Gasteiger partial charge in [-0.2, -0.15) is 0 Å². The molecule has 0 aliphatic carbocycles. The average Bonchev–Trinajstić information content (AvgIpc) is 3.06. The van der Waals surface area contributed by atoms with Crippen molar-refractivity contribution in [2.24, 2.45) is 5.41 Å². The summed E-state index contributed by atoms with van der Waals surface area (Å²) in [5.74, 6) is -0.679. The van der Waals surface area contributed by atoms with E-state index in [-0.39, 0.29) is 36.1 Å². The van der Waals surface area contributed by atoms with Crippen LogP contribution in [0, 0.1) is 18.2 Å². The second-order valence-electron chi connectivity index (χ2n) is 8.33. The van der Waals surface area contributed by atoms with E-state index in [9.17, 15) is 18.8 Å². The van der Waals surface area contributed by atoms with Crippen molar-refractivity contribution in [3.63, 3.8) is 0 Å². The zero-order chi connectivity index (χ0) is 23.6. The number of hydrogen-bond acceptors (Lipinski definition) is 7. The SMILES string of the molecule is CCOC(=O)c1sc2nc(SCC(=O)C(C)(C)C)n(Cc3ccc(F)cc3)c(=O)c2c1C. The first-order valence-corrected chi connectivity index (χ1v) is 11.9. The van der Waals surface area contributed by atoms with E-state index in [4.69, 9.17) is 4.74 Å². The molecule has 0 spiro atoms. The molecule has 0 N–H and O–H groups in total. The molecule has 170 valence electrons. The molecule has 0 radical (unpaired) electrons. The Morgan fingerprint density at radius 3 is 2.47 bits per heavy atom. The van der Waals surface area contributed by atoms with Crippen molar-refractivity contribution in [2.45, 2.75) is 46.3 Å². The van der Waals surface area contributed by atoms with Gasteiger partial charge >= 0.3 is 5.97 Å². The summed E-state index contributed by atoms with van der Waals surface area (Å²) in [4.78, 5) is 43.7. The minimum Gasteiger partial charge on any atom is -0.462 e. The molecule has 0 aliphatic rings. The minimum absolute atomic E-state index is 0.0275. The molecular weight excluding hydrogens is 451 g/mol. The van der Waals surface area contributed by atoms with Gasteiger partial charge in [-0.15, -0.1) is 11.3 Å². The summed E-state index contributed by atoms with van der Waals surface area (Å²) in [5.41, 5.74) is 0.415. The second-order valence-corrected chi connectivity index (χ2v) is 10.3. The molecule has 1 aromatic carbocycles. The first kappa shape index (κ1) is 24.1. The standard InChI is InChI=1S/C23H25FN2O4S2/c1-6-30-21(29)18-13(2)17-19(32-18)25-22(31-12-16(27)23(3,4)5)26(20(17)28)11-14-7-9-15(24)10-8-14/h7-10H,6,11-12H2,1-5H3. The number of aromatic nitrogens is 2. The highest BCUT2D eigenvalue weighted by Crippen LogP contribution is 2.31. The van der Waals surface area contributed by atoms with Crippen molar-refractivity contribution in [2.75, 3.05) is 12.4 Å². The molecule has 2 heterocycles. The highest BCUT2D eigenvalue weighted by Gasteiger charge is 2.25. The van der Waals surface area contributed by atoms with E-state index in [0.717, 1.165) is 16.9 Å². The molecule has 0 amide bonds. The fourth-order valence-corrected chi connectivity index (χ4v) is 5.23. The fraction of sp³-hybridized carbons (Fsp3) is 0.391. The van der Waals surface area contributed by atoms with Gasteiger partial charge in [0.2, 0.25) is 0 Å². The smallest absolute Gasteiger partial charge is 0.348 e. The molecule has 6 nitrogen and oxygen atoms in total. The molecule has 0 saturated heterocycles. The van der Waals surface area contributed by atoms with Crippen LogP contribution in [0.3, 0.4) is 0 Å². The van der Waals surface area contributed by atoms with E-state index in [0.29, 0.717) is 25.8 Å². The van der Waals surface area contributed by atoms with E-state index in [1.807, 2.05) is 20.8 Å². The fourth-order valence-electron chi connectivity index (χ4n) is 2.96. The predicted molar refractivity (Wildman–Crippen MR) is 125 cm³/mol. The van der Waals surface area contributed by atoms with Crippen molar-refractivity contribution in [1.82, 2.24) is 9.55 Å². The van der Waals surface area contributed by atoms with Gasteiger partial charge in [0.15, 0.2) is 5.16 Å². The van der Waals surface area contributed by atoms with Crippen LogP contribution in [0.4, 0.5) is 4.39 Å². The number of nitrogens with zero attached hydrogens (tertiary/aromatic N) is 2.